The van der Waals surface area contributed by atoms with Crippen molar-refractivity contribution >= 4 is 5.97 Å². The lowest BCUT2D eigenvalue weighted by Gasteiger charge is -2.08. The van der Waals surface area contributed by atoms with Crippen molar-refractivity contribution in [1.82, 2.24) is 10.3 Å². The number of ether oxygens (including phenoxy) is 2. The van der Waals surface area contributed by atoms with Crippen molar-refractivity contribution in [2.24, 2.45) is 5.92 Å². The van der Waals surface area contributed by atoms with Crippen LogP contribution in [0.15, 0.2) is 18.3 Å². The van der Waals surface area contributed by atoms with Crippen molar-refractivity contribution in [2.75, 3.05) is 26.9 Å². The Morgan fingerprint density at radius 3 is 2.79 bits per heavy atom. The van der Waals surface area contributed by atoms with Gasteiger partial charge in [0.1, 0.15) is 0 Å². The number of nitrogens with zero attached hydrogens (tertiary/aromatic N) is 1. The van der Waals surface area contributed by atoms with Crippen LogP contribution in [0.5, 0.6) is 0 Å². The number of pyridine rings is 1. The van der Waals surface area contributed by atoms with Gasteiger partial charge >= 0.3 is 5.97 Å². The molecule has 0 aromatic carbocycles. The lowest BCUT2D eigenvalue weighted by Crippen LogP contribution is -2.20. The van der Waals surface area contributed by atoms with Crippen molar-refractivity contribution < 1.29 is 14.3 Å². The minimum absolute atomic E-state index is 0.367. The van der Waals surface area contributed by atoms with Gasteiger partial charge in [-0.1, -0.05) is 13.8 Å². The molecule has 0 saturated heterocycles. The third-order valence-corrected chi connectivity index (χ3v) is 2.43. The Morgan fingerprint density at radius 1 is 1.42 bits per heavy atom. The van der Waals surface area contributed by atoms with Crippen molar-refractivity contribution in [3.05, 3.63) is 29.6 Å². The smallest absolute Gasteiger partial charge is 0.339 e. The molecule has 5 heteroatoms. The average Bonchev–Trinajstić information content (AvgIpc) is 2.42. The third kappa shape index (κ3) is 6.31. The van der Waals surface area contributed by atoms with E-state index in [-0.39, 0.29) is 5.97 Å². The molecule has 0 bridgehead atoms. The van der Waals surface area contributed by atoms with Gasteiger partial charge in [-0.3, -0.25) is 4.98 Å². The molecule has 0 unspecified atom stereocenters. The highest BCUT2D eigenvalue weighted by molar-refractivity contribution is 5.88. The van der Waals surface area contributed by atoms with E-state index in [1.165, 1.54) is 13.3 Å². The van der Waals surface area contributed by atoms with Gasteiger partial charge in [0, 0.05) is 25.9 Å². The van der Waals surface area contributed by atoms with Crippen LogP contribution >= 0.6 is 0 Å². The fourth-order valence-corrected chi connectivity index (χ4v) is 1.45. The summed E-state index contributed by atoms with van der Waals surface area (Å²) in [4.78, 5) is 15.4. The number of nitrogens with one attached hydrogen (secondary N) is 1. The monoisotopic (exact) mass is 266 g/mol. The molecule has 1 aromatic heterocycles. The summed E-state index contributed by atoms with van der Waals surface area (Å²) in [5.41, 5.74) is 1.35. The van der Waals surface area contributed by atoms with E-state index in [1.807, 2.05) is 6.07 Å². The van der Waals surface area contributed by atoms with Crippen LogP contribution in [0.4, 0.5) is 0 Å². The molecule has 0 spiro atoms. The zero-order valence-corrected chi connectivity index (χ0v) is 11.8. The molecule has 19 heavy (non-hydrogen) atoms. The Hall–Kier alpha value is -1.46. The van der Waals surface area contributed by atoms with Crippen LogP contribution in [-0.2, 0) is 16.0 Å². The summed E-state index contributed by atoms with van der Waals surface area (Å²) in [6, 6.07) is 3.53. The maximum Gasteiger partial charge on any atom is 0.339 e. The number of esters is 1. The number of hydrogen-bond acceptors (Lipinski definition) is 5. The molecule has 0 amide bonds. The molecule has 0 saturated carbocycles. The molecule has 1 heterocycles. The number of rotatable bonds is 8. The van der Waals surface area contributed by atoms with Gasteiger partial charge in [-0.05, 0) is 18.1 Å². The normalized spacial score (nSPS) is 10.7. The van der Waals surface area contributed by atoms with Crippen LogP contribution in [0, 0.1) is 5.92 Å². The molecule has 0 atom stereocenters. The molecule has 1 aromatic rings. The van der Waals surface area contributed by atoms with Gasteiger partial charge in [0.25, 0.3) is 0 Å². The topological polar surface area (TPSA) is 60.5 Å². The highest BCUT2D eigenvalue weighted by atomic mass is 16.5. The molecule has 106 valence electrons. The van der Waals surface area contributed by atoms with Crippen molar-refractivity contribution in [2.45, 2.75) is 20.4 Å². The summed E-state index contributed by atoms with van der Waals surface area (Å²) in [6.45, 7) is 7.17. The summed E-state index contributed by atoms with van der Waals surface area (Å²) in [6.07, 6.45) is 1.53. The molecular formula is C14H22N2O3. The van der Waals surface area contributed by atoms with E-state index in [1.54, 1.807) is 6.07 Å². The zero-order chi connectivity index (χ0) is 14.1. The summed E-state index contributed by atoms with van der Waals surface area (Å²) in [5.74, 6) is 0.196. The molecule has 0 radical (unpaired) electrons. The quantitative estimate of drug-likeness (QED) is 0.572. The molecule has 0 aliphatic carbocycles. The van der Waals surface area contributed by atoms with Crippen molar-refractivity contribution in [1.29, 1.82) is 0 Å². The highest BCUT2D eigenvalue weighted by Crippen LogP contribution is 2.01. The Labute approximate surface area is 114 Å². The first-order chi connectivity index (χ1) is 9.13. The van der Waals surface area contributed by atoms with E-state index in [0.29, 0.717) is 24.6 Å². The van der Waals surface area contributed by atoms with Crippen LogP contribution in [0.3, 0.4) is 0 Å². The molecule has 0 fully saturated rings. The number of hydrogen-bond donors (Lipinski definition) is 1. The van der Waals surface area contributed by atoms with E-state index >= 15 is 0 Å². The van der Waals surface area contributed by atoms with Crippen LogP contribution in [0.1, 0.15) is 29.9 Å². The van der Waals surface area contributed by atoms with Crippen LogP contribution in [0.2, 0.25) is 0 Å². The maximum absolute atomic E-state index is 11.2. The first-order valence-electron chi connectivity index (χ1n) is 6.45. The predicted octanol–water partition coefficient (Wildman–Crippen LogP) is 1.63. The van der Waals surface area contributed by atoms with Crippen LogP contribution in [-0.4, -0.2) is 37.8 Å². The van der Waals surface area contributed by atoms with E-state index in [4.69, 9.17) is 4.74 Å². The second-order valence-corrected chi connectivity index (χ2v) is 4.68. The van der Waals surface area contributed by atoms with Gasteiger partial charge in [-0.15, -0.1) is 0 Å². The fourth-order valence-electron chi connectivity index (χ4n) is 1.45. The molecule has 1 rings (SSSR count). The third-order valence-electron chi connectivity index (χ3n) is 2.43. The predicted molar refractivity (Wildman–Crippen MR) is 72.9 cm³/mol. The second kappa shape index (κ2) is 8.61. The van der Waals surface area contributed by atoms with E-state index < -0.39 is 0 Å². The molecule has 0 aliphatic heterocycles. The summed E-state index contributed by atoms with van der Waals surface area (Å²) in [5, 5.41) is 3.23. The van der Waals surface area contributed by atoms with Crippen LogP contribution < -0.4 is 5.32 Å². The lowest BCUT2D eigenvalue weighted by molar-refractivity contribution is 0.0600. The van der Waals surface area contributed by atoms with Gasteiger partial charge < -0.3 is 14.8 Å². The zero-order valence-electron chi connectivity index (χ0n) is 11.8. The van der Waals surface area contributed by atoms with Gasteiger partial charge in [0.05, 0.1) is 25.0 Å². The van der Waals surface area contributed by atoms with Gasteiger partial charge in [0.2, 0.25) is 0 Å². The van der Waals surface area contributed by atoms with E-state index in [9.17, 15) is 4.79 Å². The molecular weight excluding hydrogens is 244 g/mol. The van der Waals surface area contributed by atoms with Crippen LogP contribution in [0.25, 0.3) is 0 Å². The Balaban J connectivity index is 2.21. The van der Waals surface area contributed by atoms with E-state index in [2.05, 4.69) is 28.9 Å². The first-order valence-corrected chi connectivity index (χ1v) is 6.45. The minimum Gasteiger partial charge on any atom is -0.465 e. The Kier molecular flexibility index (Phi) is 7.07. The number of carbonyl (C=O) groups is 1. The first kappa shape index (κ1) is 15.6. The van der Waals surface area contributed by atoms with Gasteiger partial charge in [-0.2, -0.15) is 0 Å². The largest absolute Gasteiger partial charge is 0.465 e. The lowest BCUT2D eigenvalue weighted by atomic mass is 10.2. The number of carbonyl (C=O) groups excluding carboxylic acids is 1. The Morgan fingerprint density at radius 2 is 2.21 bits per heavy atom. The summed E-state index contributed by atoms with van der Waals surface area (Å²) in [7, 11) is 1.36. The van der Waals surface area contributed by atoms with E-state index in [0.717, 1.165) is 18.8 Å². The minimum atomic E-state index is -0.367. The second-order valence-electron chi connectivity index (χ2n) is 4.68. The summed E-state index contributed by atoms with van der Waals surface area (Å²) < 4.78 is 10.1. The molecule has 1 N–H and O–H groups in total. The maximum atomic E-state index is 11.2. The van der Waals surface area contributed by atoms with Crippen molar-refractivity contribution in [3.63, 3.8) is 0 Å². The number of methoxy groups -OCH3 is 1. The molecule has 0 aliphatic rings. The average molecular weight is 266 g/mol. The summed E-state index contributed by atoms with van der Waals surface area (Å²) >= 11 is 0. The van der Waals surface area contributed by atoms with Crippen molar-refractivity contribution in [3.8, 4) is 0 Å². The fraction of sp³-hybridized carbons (Fsp3) is 0.571. The molecule has 5 nitrogen and oxygen atoms in total. The van der Waals surface area contributed by atoms with Gasteiger partial charge in [-0.25, -0.2) is 4.79 Å². The van der Waals surface area contributed by atoms with Gasteiger partial charge in [0.15, 0.2) is 0 Å². The standard InChI is InChI=1S/C14H22N2O3/c1-11(2)10-19-7-6-15-9-13-5-4-12(8-16-13)14(17)18-3/h4-5,8,11,15H,6-7,9-10H2,1-3H3. The number of aromatic nitrogens is 1. The highest BCUT2D eigenvalue weighted by Gasteiger charge is 2.04. The SMILES string of the molecule is COC(=O)c1ccc(CNCCOCC(C)C)nc1. The Bertz CT molecular complexity index is 377.